The van der Waals surface area contributed by atoms with Crippen LogP contribution in [0.15, 0.2) is 12.2 Å². The van der Waals surface area contributed by atoms with Gasteiger partial charge in [0.25, 0.3) is 0 Å². The average Bonchev–Trinajstić information content (AvgIpc) is 2.33. The van der Waals surface area contributed by atoms with Crippen LogP contribution < -0.4 is 0 Å². The molecule has 98 valence electrons. The monoisotopic (exact) mass is 236 g/mol. The van der Waals surface area contributed by atoms with Gasteiger partial charge >= 0.3 is 0 Å². The summed E-state index contributed by atoms with van der Waals surface area (Å²) >= 11 is 0. The molecular formula is C16H28O. The third-order valence-electron chi connectivity index (χ3n) is 3.67. The molecule has 1 aliphatic carbocycles. The quantitative estimate of drug-likeness (QED) is 0.538. The van der Waals surface area contributed by atoms with Crippen molar-refractivity contribution in [2.45, 2.75) is 77.6 Å². The SMILES string of the molecule is CC1C=CCCCCCCCCCC(=O)CC1. The van der Waals surface area contributed by atoms with Gasteiger partial charge in [0.1, 0.15) is 5.78 Å². The highest BCUT2D eigenvalue weighted by atomic mass is 16.1. The minimum atomic E-state index is 0.472. The van der Waals surface area contributed by atoms with Crippen LogP contribution in [0.2, 0.25) is 0 Å². The van der Waals surface area contributed by atoms with Crippen LogP contribution in [0.25, 0.3) is 0 Å². The second-order valence-electron chi connectivity index (χ2n) is 5.50. The fraction of sp³-hybridized carbons (Fsp3) is 0.812. The molecule has 0 spiro atoms. The van der Waals surface area contributed by atoms with Crippen molar-refractivity contribution in [1.82, 2.24) is 0 Å². The Morgan fingerprint density at radius 2 is 1.59 bits per heavy atom. The van der Waals surface area contributed by atoms with Crippen LogP contribution in [0.3, 0.4) is 0 Å². The minimum absolute atomic E-state index is 0.472. The van der Waals surface area contributed by atoms with E-state index >= 15 is 0 Å². The highest BCUT2D eigenvalue weighted by molar-refractivity contribution is 5.78. The number of hydrogen-bond donors (Lipinski definition) is 0. The Bertz CT molecular complexity index is 230. The fourth-order valence-corrected chi connectivity index (χ4v) is 2.41. The molecule has 1 nitrogen and oxygen atoms in total. The van der Waals surface area contributed by atoms with E-state index in [4.69, 9.17) is 0 Å². The first-order chi connectivity index (χ1) is 8.29. The molecular weight excluding hydrogens is 208 g/mol. The molecule has 1 unspecified atom stereocenters. The lowest BCUT2D eigenvalue weighted by molar-refractivity contribution is -0.119. The molecule has 0 heterocycles. The summed E-state index contributed by atoms with van der Waals surface area (Å²) in [5, 5.41) is 0. The Hall–Kier alpha value is -0.590. The molecule has 0 aromatic rings. The Kier molecular flexibility index (Phi) is 8.04. The van der Waals surface area contributed by atoms with Gasteiger partial charge in [0.2, 0.25) is 0 Å². The van der Waals surface area contributed by atoms with E-state index in [0.29, 0.717) is 11.7 Å². The molecule has 1 aliphatic rings. The molecule has 0 aromatic carbocycles. The minimum Gasteiger partial charge on any atom is -0.300 e. The van der Waals surface area contributed by atoms with Crippen LogP contribution >= 0.6 is 0 Å². The van der Waals surface area contributed by atoms with Crippen LogP contribution in [-0.4, -0.2) is 5.78 Å². The molecule has 0 aliphatic heterocycles. The maximum atomic E-state index is 11.6. The predicted octanol–water partition coefficient (Wildman–Crippen LogP) is 5.05. The van der Waals surface area contributed by atoms with Crippen molar-refractivity contribution >= 4 is 5.78 Å². The topological polar surface area (TPSA) is 17.1 Å². The largest absolute Gasteiger partial charge is 0.300 e. The highest BCUT2D eigenvalue weighted by Gasteiger charge is 2.05. The summed E-state index contributed by atoms with van der Waals surface area (Å²) in [7, 11) is 0. The van der Waals surface area contributed by atoms with E-state index in [9.17, 15) is 4.79 Å². The Morgan fingerprint density at radius 3 is 2.35 bits per heavy atom. The molecule has 0 saturated carbocycles. The molecule has 1 atom stereocenters. The van der Waals surface area contributed by atoms with Crippen molar-refractivity contribution in [3.63, 3.8) is 0 Å². The molecule has 0 bridgehead atoms. The zero-order valence-corrected chi connectivity index (χ0v) is 11.4. The second-order valence-corrected chi connectivity index (χ2v) is 5.50. The molecule has 0 amide bonds. The number of ketones is 1. The Morgan fingerprint density at radius 1 is 0.941 bits per heavy atom. The van der Waals surface area contributed by atoms with Gasteiger partial charge in [-0.05, 0) is 31.6 Å². The van der Waals surface area contributed by atoms with Crippen LogP contribution in [0.4, 0.5) is 0 Å². The summed E-state index contributed by atoms with van der Waals surface area (Å²) in [6, 6.07) is 0. The zero-order chi connectivity index (χ0) is 12.3. The van der Waals surface area contributed by atoms with Gasteiger partial charge in [0, 0.05) is 12.8 Å². The van der Waals surface area contributed by atoms with Gasteiger partial charge in [-0.25, -0.2) is 0 Å². The summed E-state index contributed by atoms with van der Waals surface area (Å²) in [6.45, 7) is 2.22. The van der Waals surface area contributed by atoms with E-state index in [1.54, 1.807) is 0 Å². The molecule has 0 saturated heterocycles. The van der Waals surface area contributed by atoms with Crippen molar-refractivity contribution in [1.29, 1.82) is 0 Å². The first-order valence-electron chi connectivity index (χ1n) is 7.47. The maximum Gasteiger partial charge on any atom is 0.132 e. The van der Waals surface area contributed by atoms with E-state index in [1.807, 2.05) is 0 Å². The summed E-state index contributed by atoms with van der Waals surface area (Å²) in [5.41, 5.74) is 0. The highest BCUT2D eigenvalue weighted by Crippen LogP contribution is 2.14. The lowest BCUT2D eigenvalue weighted by Crippen LogP contribution is -2.01. The fourth-order valence-electron chi connectivity index (χ4n) is 2.41. The third-order valence-corrected chi connectivity index (χ3v) is 3.67. The van der Waals surface area contributed by atoms with Crippen molar-refractivity contribution < 1.29 is 4.79 Å². The number of hydrogen-bond acceptors (Lipinski definition) is 1. The van der Waals surface area contributed by atoms with Gasteiger partial charge in [0.05, 0.1) is 0 Å². The number of rotatable bonds is 0. The average molecular weight is 236 g/mol. The number of allylic oxidation sites excluding steroid dienone is 2. The lowest BCUT2D eigenvalue weighted by Gasteiger charge is -2.05. The molecule has 17 heavy (non-hydrogen) atoms. The van der Waals surface area contributed by atoms with Crippen LogP contribution in [0.5, 0.6) is 0 Å². The normalized spacial score (nSPS) is 26.2. The molecule has 1 heteroatoms. The predicted molar refractivity (Wildman–Crippen MR) is 74.1 cm³/mol. The van der Waals surface area contributed by atoms with Gasteiger partial charge in [-0.15, -0.1) is 0 Å². The van der Waals surface area contributed by atoms with Crippen molar-refractivity contribution in [2.24, 2.45) is 5.92 Å². The maximum absolute atomic E-state index is 11.6. The van der Waals surface area contributed by atoms with Gasteiger partial charge in [0.15, 0.2) is 0 Å². The zero-order valence-electron chi connectivity index (χ0n) is 11.4. The molecule has 0 fully saturated rings. The summed E-state index contributed by atoms with van der Waals surface area (Å²) < 4.78 is 0. The Labute approximate surface area is 107 Å². The molecule has 0 N–H and O–H groups in total. The van der Waals surface area contributed by atoms with E-state index < -0.39 is 0 Å². The lowest BCUT2D eigenvalue weighted by atomic mass is 10.00. The van der Waals surface area contributed by atoms with E-state index in [0.717, 1.165) is 25.7 Å². The van der Waals surface area contributed by atoms with Gasteiger partial charge in [-0.3, -0.25) is 4.79 Å². The third kappa shape index (κ3) is 8.18. The molecule has 0 radical (unpaired) electrons. The van der Waals surface area contributed by atoms with Crippen LogP contribution in [-0.2, 0) is 4.79 Å². The van der Waals surface area contributed by atoms with Gasteiger partial charge in [-0.1, -0.05) is 51.2 Å². The van der Waals surface area contributed by atoms with Crippen LogP contribution in [0, 0.1) is 5.92 Å². The number of carbonyl (C=O) groups excluding carboxylic acids is 1. The summed E-state index contributed by atoms with van der Waals surface area (Å²) in [5.74, 6) is 1.05. The van der Waals surface area contributed by atoms with Gasteiger partial charge < -0.3 is 0 Å². The van der Waals surface area contributed by atoms with Crippen LogP contribution in [0.1, 0.15) is 77.6 Å². The van der Waals surface area contributed by atoms with E-state index in [-0.39, 0.29) is 0 Å². The van der Waals surface area contributed by atoms with E-state index in [1.165, 1.54) is 44.9 Å². The van der Waals surface area contributed by atoms with Crippen molar-refractivity contribution in [2.75, 3.05) is 0 Å². The number of Topliss-reactive ketones (excluding diaryl/α,β-unsaturated/α-hetero) is 1. The molecule has 0 aromatic heterocycles. The first-order valence-corrected chi connectivity index (χ1v) is 7.47. The first kappa shape index (κ1) is 14.5. The molecule has 1 rings (SSSR count). The standard InChI is InChI=1S/C16H28O/c1-15-11-9-7-5-3-2-4-6-8-10-12-16(17)14-13-15/h9,11,15H,2-8,10,12-14H2,1H3. The summed E-state index contributed by atoms with van der Waals surface area (Å²) in [6.07, 6.45) is 17.6. The Balaban J connectivity index is 2.31. The second kappa shape index (κ2) is 9.44. The smallest absolute Gasteiger partial charge is 0.132 e. The van der Waals surface area contributed by atoms with E-state index in [2.05, 4.69) is 19.1 Å². The van der Waals surface area contributed by atoms with Crippen molar-refractivity contribution in [3.05, 3.63) is 12.2 Å². The number of carbonyl (C=O) groups is 1. The van der Waals surface area contributed by atoms with Gasteiger partial charge in [-0.2, -0.15) is 0 Å². The summed E-state index contributed by atoms with van der Waals surface area (Å²) in [4.78, 5) is 11.6. The van der Waals surface area contributed by atoms with Crippen molar-refractivity contribution in [3.8, 4) is 0 Å².